The van der Waals surface area contributed by atoms with Crippen molar-refractivity contribution >= 4 is 17.2 Å². The number of benzene rings is 2. The summed E-state index contributed by atoms with van der Waals surface area (Å²) in [5, 5.41) is 1.16. The number of aldehydes is 1. The molecular formula is C17H15NO. The lowest BCUT2D eigenvalue weighted by Crippen LogP contribution is -1.94. The molecule has 0 N–H and O–H groups in total. The van der Waals surface area contributed by atoms with Crippen LogP contribution >= 0.6 is 0 Å². The Kier molecular flexibility index (Phi) is 2.92. The maximum atomic E-state index is 11.0. The lowest BCUT2D eigenvalue weighted by Gasteiger charge is -2.06. The molecule has 3 aromatic rings. The molecule has 0 aliphatic rings. The summed E-state index contributed by atoms with van der Waals surface area (Å²) >= 11 is 0. The normalized spacial score (nSPS) is 10.8. The Balaban J connectivity index is 2.37. The quantitative estimate of drug-likeness (QED) is 0.650. The van der Waals surface area contributed by atoms with Crippen LogP contribution in [0.1, 0.15) is 5.56 Å². The van der Waals surface area contributed by atoms with E-state index in [2.05, 4.69) is 35.9 Å². The minimum absolute atomic E-state index is 0.450. The summed E-state index contributed by atoms with van der Waals surface area (Å²) in [6.45, 7) is 0. The maximum absolute atomic E-state index is 11.0. The SMILES string of the molecule is Cn1c(-c2ccccc2)c(CC=O)c2ccccc21. The van der Waals surface area contributed by atoms with Gasteiger partial charge in [-0.1, -0.05) is 48.5 Å². The van der Waals surface area contributed by atoms with Crippen molar-refractivity contribution in [3.8, 4) is 11.3 Å². The standard InChI is InChI=1S/C17H15NO/c1-18-16-10-6-5-9-14(16)15(11-12-19)17(18)13-7-3-2-4-8-13/h2-10,12H,11H2,1H3. The van der Waals surface area contributed by atoms with Crippen molar-refractivity contribution in [2.75, 3.05) is 0 Å². The van der Waals surface area contributed by atoms with Crippen molar-refractivity contribution in [3.05, 3.63) is 60.2 Å². The number of rotatable bonds is 3. The molecule has 2 heteroatoms. The summed E-state index contributed by atoms with van der Waals surface area (Å²) in [5.41, 5.74) is 4.56. The van der Waals surface area contributed by atoms with Crippen molar-refractivity contribution in [2.24, 2.45) is 7.05 Å². The molecule has 94 valence electrons. The van der Waals surface area contributed by atoms with Crippen molar-refractivity contribution in [1.82, 2.24) is 4.57 Å². The molecule has 0 spiro atoms. The van der Waals surface area contributed by atoms with Crippen molar-refractivity contribution < 1.29 is 4.79 Å². The highest BCUT2D eigenvalue weighted by atomic mass is 16.1. The highest BCUT2D eigenvalue weighted by Gasteiger charge is 2.15. The van der Waals surface area contributed by atoms with Gasteiger partial charge in [-0.05, 0) is 17.2 Å². The largest absolute Gasteiger partial charge is 0.343 e. The Morgan fingerprint density at radius 3 is 2.42 bits per heavy atom. The van der Waals surface area contributed by atoms with E-state index < -0.39 is 0 Å². The number of aromatic nitrogens is 1. The van der Waals surface area contributed by atoms with E-state index in [0.29, 0.717) is 6.42 Å². The van der Waals surface area contributed by atoms with Crippen LogP contribution in [0, 0.1) is 0 Å². The van der Waals surface area contributed by atoms with Crippen LogP contribution in [-0.2, 0) is 18.3 Å². The topological polar surface area (TPSA) is 22.0 Å². The highest BCUT2D eigenvalue weighted by Crippen LogP contribution is 2.32. The number of para-hydroxylation sites is 1. The second kappa shape index (κ2) is 4.73. The fourth-order valence-electron chi connectivity index (χ4n) is 2.73. The van der Waals surface area contributed by atoms with Crippen LogP contribution in [0.15, 0.2) is 54.6 Å². The molecule has 0 atom stereocenters. The van der Waals surface area contributed by atoms with Crippen molar-refractivity contribution in [1.29, 1.82) is 0 Å². The summed E-state index contributed by atoms with van der Waals surface area (Å²) in [6, 6.07) is 18.5. The predicted octanol–water partition coefficient (Wildman–Crippen LogP) is 3.59. The van der Waals surface area contributed by atoms with E-state index in [-0.39, 0.29) is 0 Å². The van der Waals surface area contributed by atoms with Gasteiger partial charge in [-0.3, -0.25) is 0 Å². The third-order valence-electron chi connectivity index (χ3n) is 3.55. The molecule has 1 heterocycles. The maximum Gasteiger partial charge on any atom is 0.124 e. The molecule has 0 aliphatic carbocycles. The molecule has 0 saturated carbocycles. The van der Waals surface area contributed by atoms with Crippen LogP contribution in [0.5, 0.6) is 0 Å². The molecule has 0 radical (unpaired) electrons. The zero-order chi connectivity index (χ0) is 13.2. The lowest BCUT2D eigenvalue weighted by atomic mass is 10.0. The molecule has 0 amide bonds. The summed E-state index contributed by atoms with van der Waals surface area (Å²) in [6.07, 6.45) is 1.43. The molecule has 0 bridgehead atoms. The Morgan fingerprint density at radius 2 is 1.68 bits per heavy atom. The third kappa shape index (κ3) is 1.85. The molecule has 2 nitrogen and oxygen atoms in total. The van der Waals surface area contributed by atoms with Crippen molar-refractivity contribution in [3.63, 3.8) is 0 Å². The van der Waals surface area contributed by atoms with Gasteiger partial charge in [-0.2, -0.15) is 0 Å². The molecule has 2 aromatic carbocycles. The Morgan fingerprint density at radius 1 is 1.00 bits per heavy atom. The minimum atomic E-state index is 0.450. The average molecular weight is 249 g/mol. The number of carbonyl (C=O) groups is 1. The van der Waals surface area contributed by atoms with Gasteiger partial charge >= 0.3 is 0 Å². The summed E-state index contributed by atoms with van der Waals surface area (Å²) in [4.78, 5) is 11.0. The van der Waals surface area contributed by atoms with Gasteiger partial charge < -0.3 is 9.36 Å². The monoisotopic (exact) mass is 249 g/mol. The Labute approximate surface area is 112 Å². The summed E-state index contributed by atoms with van der Waals surface area (Å²) in [7, 11) is 2.05. The molecule has 1 aromatic heterocycles. The number of aryl methyl sites for hydroxylation is 1. The molecule has 0 saturated heterocycles. The van der Waals surface area contributed by atoms with E-state index in [1.165, 1.54) is 5.52 Å². The highest BCUT2D eigenvalue weighted by molar-refractivity contribution is 5.93. The number of hydrogen-bond acceptors (Lipinski definition) is 1. The first-order valence-corrected chi connectivity index (χ1v) is 6.38. The average Bonchev–Trinajstić information content (AvgIpc) is 2.74. The Bertz CT molecular complexity index is 726. The lowest BCUT2D eigenvalue weighted by molar-refractivity contribution is -0.107. The zero-order valence-electron chi connectivity index (χ0n) is 10.8. The molecule has 19 heavy (non-hydrogen) atoms. The van der Waals surface area contributed by atoms with Crippen LogP contribution < -0.4 is 0 Å². The van der Waals surface area contributed by atoms with Gasteiger partial charge in [0.25, 0.3) is 0 Å². The van der Waals surface area contributed by atoms with Crippen molar-refractivity contribution in [2.45, 2.75) is 6.42 Å². The summed E-state index contributed by atoms with van der Waals surface area (Å²) < 4.78 is 2.17. The van der Waals surface area contributed by atoms with E-state index in [1.54, 1.807) is 0 Å². The number of carbonyl (C=O) groups excluding carboxylic acids is 1. The van der Waals surface area contributed by atoms with Gasteiger partial charge in [-0.15, -0.1) is 0 Å². The second-order valence-corrected chi connectivity index (χ2v) is 4.64. The number of nitrogens with zero attached hydrogens (tertiary/aromatic N) is 1. The fraction of sp³-hybridized carbons (Fsp3) is 0.118. The first-order chi connectivity index (χ1) is 9.33. The van der Waals surface area contributed by atoms with Crippen LogP contribution in [0.3, 0.4) is 0 Å². The van der Waals surface area contributed by atoms with Crippen LogP contribution in [0.2, 0.25) is 0 Å². The van der Waals surface area contributed by atoms with Crippen LogP contribution in [0.25, 0.3) is 22.2 Å². The number of hydrogen-bond donors (Lipinski definition) is 0. The van der Waals surface area contributed by atoms with Gasteiger partial charge in [0.05, 0.1) is 5.69 Å². The molecular weight excluding hydrogens is 234 g/mol. The third-order valence-corrected chi connectivity index (χ3v) is 3.55. The first kappa shape index (κ1) is 11.7. The Hall–Kier alpha value is -2.35. The van der Waals surface area contributed by atoms with Gasteiger partial charge in [0.15, 0.2) is 0 Å². The van der Waals surface area contributed by atoms with E-state index in [9.17, 15) is 4.79 Å². The van der Waals surface area contributed by atoms with E-state index in [0.717, 1.165) is 28.5 Å². The molecule has 0 aliphatic heterocycles. The van der Waals surface area contributed by atoms with Crippen LogP contribution in [0.4, 0.5) is 0 Å². The van der Waals surface area contributed by atoms with Gasteiger partial charge in [0, 0.05) is 24.4 Å². The van der Waals surface area contributed by atoms with Gasteiger partial charge in [0.2, 0.25) is 0 Å². The second-order valence-electron chi connectivity index (χ2n) is 4.64. The number of fused-ring (bicyclic) bond motifs is 1. The fourth-order valence-corrected chi connectivity index (χ4v) is 2.73. The zero-order valence-corrected chi connectivity index (χ0v) is 10.8. The minimum Gasteiger partial charge on any atom is -0.343 e. The molecule has 3 rings (SSSR count). The predicted molar refractivity (Wildman–Crippen MR) is 78.1 cm³/mol. The van der Waals surface area contributed by atoms with Crippen LogP contribution in [-0.4, -0.2) is 10.9 Å². The van der Waals surface area contributed by atoms with Gasteiger partial charge in [0.1, 0.15) is 6.29 Å². The van der Waals surface area contributed by atoms with E-state index >= 15 is 0 Å². The van der Waals surface area contributed by atoms with E-state index in [4.69, 9.17) is 0 Å². The molecule has 0 fully saturated rings. The summed E-state index contributed by atoms with van der Waals surface area (Å²) in [5.74, 6) is 0. The smallest absolute Gasteiger partial charge is 0.124 e. The van der Waals surface area contributed by atoms with Gasteiger partial charge in [-0.25, -0.2) is 0 Å². The van der Waals surface area contributed by atoms with E-state index in [1.807, 2.05) is 30.3 Å². The molecule has 0 unspecified atom stereocenters. The first-order valence-electron chi connectivity index (χ1n) is 6.38.